The van der Waals surface area contributed by atoms with Crippen molar-refractivity contribution in [2.75, 3.05) is 6.61 Å². The first-order valence-corrected chi connectivity index (χ1v) is 7.82. The molecule has 9 heteroatoms. The van der Waals surface area contributed by atoms with Gasteiger partial charge in [-0.15, -0.1) is 0 Å². The zero-order valence-corrected chi connectivity index (χ0v) is 11.8. The average molecular weight is 313 g/mol. The number of nitrogens with zero attached hydrogens (tertiary/aromatic N) is 2. The van der Waals surface area contributed by atoms with Crippen molar-refractivity contribution in [2.45, 2.75) is 24.9 Å². The molecule has 21 heavy (non-hydrogen) atoms. The molecule has 3 rings (SSSR count). The van der Waals surface area contributed by atoms with Gasteiger partial charge >= 0.3 is 10.3 Å². The highest BCUT2D eigenvalue weighted by Crippen LogP contribution is 2.32. The monoisotopic (exact) mass is 313 g/mol. The van der Waals surface area contributed by atoms with Crippen LogP contribution in [0.15, 0.2) is 30.7 Å². The number of fused-ring (bicyclic) bond motifs is 1. The van der Waals surface area contributed by atoms with Crippen molar-refractivity contribution in [3.8, 4) is 0 Å². The largest absolute Gasteiger partial charge is 0.390 e. The maximum Gasteiger partial charge on any atom is 0.333 e. The average Bonchev–Trinajstić information content (AvgIpc) is 2.99. The van der Waals surface area contributed by atoms with Crippen molar-refractivity contribution in [3.05, 3.63) is 30.7 Å². The fourth-order valence-corrected chi connectivity index (χ4v) is 2.78. The lowest BCUT2D eigenvalue weighted by molar-refractivity contribution is -0.0367. The summed E-state index contributed by atoms with van der Waals surface area (Å²) >= 11 is 0. The number of aliphatic hydroxyl groups excluding tert-OH is 1. The molecular formula is C12H15N3O5S. The molecule has 1 fully saturated rings. The summed E-state index contributed by atoms with van der Waals surface area (Å²) in [6.07, 6.45) is 3.62. The summed E-state index contributed by atoms with van der Waals surface area (Å²) in [6, 6.07) is 3.74. The highest BCUT2D eigenvalue weighted by Gasteiger charge is 2.36. The lowest BCUT2D eigenvalue weighted by atomic mass is 10.2. The van der Waals surface area contributed by atoms with Gasteiger partial charge in [-0.05, 0) is 12.1 Å². The van der Waals surface area contributed by atoms with Gasteiger partial charge in [-0.3, -0.25) is 9.17 Å². The molecule has 0 bridgehead atoms. The number of rotatable bonds is 4. The van der Waals surface area contributed by atoms with Gasteiger partial charge in [-0.1, -0.05) is 0 Å². The predicted octanol–water partition coefficient (Wildman–Crippen LogP) is -0.0952. The second-order valence-corrected chi connectivity index (χ2v) is 6.09. The Labute approximate surface area is 121 Å². The van der Waals surface area contributed by atoms with Crippen LogP contribution in [-0.4, -0.2) is 41.9 Å². The summed E-state index contributed by atoms with van der Waals surface area (Å²) in [6.45, 7) is -0.308. The maximum absolute atomic E-state index is 10.8. The van der Waals surface area contributed by atoms with E-state index < -0.39 is 28.7 Å². The summed E-state index contributed by atoms with van der Waals surface area (Å²) in [4.78, 5) is 4.04. The second kappa shape index (κ2) is 5.35. The number of nitrogens with two attached hydrogens (primary N) is 1. The maximum atomic E-state index is 10.8. The minimum absolute atomic E-state index is 0.308. The molecule has 0 aliphatic carbocycles. The van der Waals surface area contributed by atoms with E-state index in [9.17, 15) is 13.5 Å². The molecule has 0 unspecified atom stereocenters. The first kappa shape index (κ1) is 14.4. The SMILES string of the molecule is NS(=O)(=O)OC[C@H]1O[C@@H](n2ccc3cnccc32)C[C@@H]1O. The molecule has 1 aliphatic heterocycles. The fourth-order valence-electron chi connectivity index (χ4n) is 2.45. The molecule has 3 N–H and O–H groups in total. The molecule has 1 aliphatic rings. The van der Waals surface area contributed by atoms with Gasteiger partial charge in [0.1, 0.15) is 12.3 Å². The Morgan fingerprint density at radius 2 is 2.33 bits per heavy atom. The molecule has 0 aromatic carbocycles. The summed E-state index contributed by atoms with van der Waals surface area (Å²) in [5.74, 6) is 0. The topological polar surface area (TPSA) is 117 Å². The summed E-state index contributed by atoms with van der Waals surface area (Å²) in [5, 5.41) is 15.7. The van der Waals surface area contributed by atoms with Crippen LogP contribution in [0.4, 0.5) is 0 Å². The minimum Gasteiger partial charge on any atom is -0.390 e. The Bertz CT molecular complexity index is 744. The highest BCUT2D eigenvalue weighted by molar-refractivity contribution is 7.84. The van der Waals surface area contributed by atoms with Gasteiger partial charge in [0.05, 0.1) is 18.2 Å². The van der Waals surface area contributed by atoms with Crippen LogP contribution in [-0.2, 0) is 19.2 Å². The van der Waals surface area contributed by atoms with Crippen molar-refractivity contribution in [2.24, 2.45) is 5.14 Å². The van der Waals surface area contributed by atoms with Crippen molar-refractivity contribution in [1.29, 1.82) is 0 Å². The molecule has 1 saturated heterocycles. The molecule has 0 spiro atoms. The minimum atomic E-state index is -4.05. The number of aromatic nitrogens is 2. The molecule has 2 aromatic rings. The van der Waals surface area contributed by atoms with Gasteiger partial charge in [-0.2, -0.15) is 8.42 Å². The van der Waals surface area contributed by atoms with E-state index >= 15 is 0 Å². The van der Waals surface area contributed by atoms with E-state index in [4.69, 9.17) is 9.88 Å². The molecule has 0 radical (unpaired) electrons. The first-order chi connectivity index (χ1) is 9.94. The molecular weight excluding hydrogens is 298 g/mol. The molecule has 114 valence electrons. The van der Waals surface area contributed by atoms with Gasteiger partial charge in [0, 0.05) is 30.4 Å². The number of pyridine rings is 1. The number of hydrogen-bond donors (Lipinski definition) is 2. The van der Waals surface area contributed by atoms with Crippen LogP contribution in [0.25, 0.3) is 10.9 Å². The van der Waals surface area contributed by atoms with E-state index in [-0.39, 0.29) is 6.61 Å². The van der Waals surface area contributed by atoms with Crippen LogP contribution in [0.2, 0.25) is 0 Å². The zero-order chi connectivity index (χ0) is 15.0. The molecule has 0 amide bonds. The summed E-state index contributed by atoms with van der Waals surface area (Å²) in [7, 11) is -4.05. The molecule has 3 heterocycles. The van der Waals surface area contributed by atoms with Crippen LogP contribution in [0.1, 0.15) is 12.6 Å². The van der Waals surface area contributed by atoms with E-state index in [1.807, 2.05) is 22.9 Å². The lowest BCUT2D eigenvalue weighted by Crippen LogP contribution is -2.30. The molecule has 3 atom stereocenters. The smallest absolute Gasteiger partial charge is 0.333 e. The van der Waals surface area contributed by atoms with Crippen molar-refractivity contribution < 1.29 is 22.4 Å². The number of aliphatic hydroxyl groups is 1. The number of ether oxygens (including phenoxy) is 1. The van der Waals surface area contributed by atoms with Gasteiger partial charge in [0.2, 0.25) is 0 Å². The van der Waals surface area contributed by atoms with E-state index in [2.05, 4.69) is 9.17 Å². The van der Waals surface area contributed by atoms with Crippen LogP contribution >= 0.6 is 0 Å². The van der Waals surface area contributed by atoms with Crippen LogP contribution in [0.5, 0.6) is 0 Å². The van der Waals surface area contributed by atoms with Gasteiger partial charge < -0.3 is 14.4 Å². The van der Waals surface area contributed by atoms with E-state index in [0.717, 1.165) is 10.9 Å². The van der Waals surface area contributed by atoms with Crippen molar-refractivity contribution >= 4 is 21.2 Å². The standard InChI is InChI=1S/C12H15N3O5S/c13-21(17,18)19-7-11-10(16)5-12(20-11)15-4-2-8-6-14-3-1-9(8)15/h1-4,6,10-12,16H,5,7H2,(H2,13,17,18)/t10-,11+,12+/m0/s1. The third-order valence-electron chi connectivity index (χ3n) is 3.43. The summed E-state index contributed by atoms with van der Waals surface area (Å²) < 4.78 is 33.6. The fraction of sp³-hybridized carbons (Fsp3) is 0.417. The molecule has 2 aromatic heterocycles. The highest BCUT2D eigenvalue weighted by atomic mass is 32.2. The van der Waals surface area contributed by atoms with E-state index in [0.29, 0.717) is 6.42 Å². The van der Waals surface area contributed by atoms with Gasteiger partial charge in [0.25, 0.3) is 0 Å². The lowest BCUT2D eigenvalue weighted by Gasteiger charge is -2.16. The van der Waals surface area contributed by atoms with Gasteiger partial charge in [-0.25, -0.2) is 5.14 Å². The van der Waals surface area contributed by atoms with Crippen LogP contribution in [0.3, 0.4) is 0 Å². The Morgan fingerprint density at radius 3 is 3.10 bits per heavy atom. The van der Waals surface area contributed by atoms with E-state index in [1.165, 1.54) is 0 Å². The summed E-state index contributed by atoms with van der Waals surface area (Å²) in [5.41, 5.74) is 0.926. The van der Waals surface area contributed by atoms with Crippen molar-refractivity contribution in [1.82, 2.24) is 9.55 Å². The Morgan fingerprint density at radius 1 is 1.52 bits per heavy atom. The normalized spacial score (nSPS) is 26.5. The molecule has 8 nitrogen and oxygen atoms in total. The quantitative estimate of drug-likeness (QED) is 0.814. The third-order valence-corrected chi connectivity index (χ3v) is 3.90. The first-order valence-electron chi connectivity index (χ1n) is 6.35. The molecule has 0 saturated carbocycles. The second-order valence-electron chi connectivity index (χ2n) is 4.87. The van der Waals surface area contributed by atoms with E-state index in [1.54, 1.807) is 12.4 Å². The Balaban J connectivity index is 1.76. The van der Waals surface area contributed by atoms with Crippen LogP contribution in [0, 0.1) is 0 Å². The van der Waals surface area contributed by atoms with Crippen molar-refractivity contribution in [3.63, 3.8) is 0 Å². The third kappa shape index (κ3) is 3.06. The Kier molecular flexibility index (Phi) is 3.68. The number of hydrogen-bond acceptors (Lipinski definition) is 6. The van der Waals surface area contributed by atoms with Gasteiger partial charge in [0.15, 0.2) is 0 Å². The Hall–Kier alpha value is -1.52. The predicted molar refractivity (Wildman–Crippen MR) is 73.3 cm³/mol. The van der Waals surface area contributed by atoms with Crippen LogP contribution < -0.4 is 5.14 Å². The zero-order valence-electron chi connectivity index (χ0n) is 11.0.